The number of nitrogens with zero attached hydrogens (tertiary/aromatic N) is 6. The first-order chi connectivity index (χ1) is 16.4. The number of methoxy groups -OCH3 is 1. The van der Waals surface area contributed by atoms with Gasteiger partial charge in [-0.25, -0.2) is 14.5 Å². The number of hydrogen-bond acceptors (Lipinski definition) is 7. The van der Waals surface area contributed by atoms with Gasteiger partial charge in [0, 0.05) is 37.3 Å². The van der Waals surface area contributed by atoms with Crippen molar-refractivity contribution in [2.75, 3.05) is 20.3 Å². The highest BCUT2D eigenvalue weighted by Gasteiger charge is 2.31. The van der Waals surface area contributed by atoms with Crippen LogP contribution in [-0.2, 0) is 42.0 Å². The fourth-order valence-electron chi connectivity index (χ4n) is 4.22. The van der Waals surface area contributed by atoms with Gasteiger partial charge in [0.2, 0.25) is 5.91 Å². The zero-order valence-corrected chi connectivity index (χ0v) is 20.1. The molecular formula is C24H30N6O4. The molecule has 4 rings (SSSR count). The van der Waals surface area contributed by atoms with Gasteiger partial charge >= 0.3 is 5.97 Å². The third kappa shape index (κ3) is 4.95. The van der Waals surface area contributed by atoms with Gasteiger partial charge in [-0.3, -0.25) is 9.48 Å². The van der Waals surface area contributed by atoms with Gasteiger partial charge in [0.15, 0.2) is 5.69 Å². The summed E-state index contributed by atoms with van der Waals surface area (Å²) in [6, 6.07) is 7.91. The van der Waals surface area contributed by atoms with Crippen LogP contribution in [0, 0.1) is 13.8 Å². The Balaban J connectivity index is 1.53. The summed E-state index contributed by atoms with van der Waals surface area (Å²) in [5, 5.41) is 8.89. The van der Waals surface area contributed by atoms with E-state index < -0.39 is 5.97 Å². The quantitative estimate of drug-likeness (QED) is 0.468. The molecule has 2 aromatic heterocycles. The summed E-state index contributed by atoms with van der Waals surface area (Å²) in [4.78, 5) is 31.7. The highest BCUT2D eigenvalue weighted by atomic mass is 16.5. The monoisotopic (exact) mass is 466 g/mol. The largest absolute Gasteiger partial charge is 0.497 e. The zero-order chi connectivity index (χ0) is 24.2. The average molecular weight is 467 g/mol. The molecule has 0 saturated heterocycles. The third-order valence-corrected chi connectivity index (χ3v) is 5.97. The smallest absolute Gasteiger partial charge is 0.359 e. The van der Waals surface area contributed by atoms with Gasteiger partial charge in [0.05, 0.1) is 13.7 Å². The summed E-state index contributed by atoms with van der Waals surface area (Å²) in [5.74, 6) is 1.61. The van der Waals surface area contributed by atoms with E-state index in [4.69, 9.17) is 9.47 Å². The number of hydrogen-bond donors (Lipinski definition) is 0. The SMILES string of the molecule is CCOC(=O)c1nn(CCc2ccc(OC)cc2)c2c1CN(C(=O)Cn1nc(C)nc1C)CC2. The van der Waals surface area contributed by atoms with Crippen molar-refractivity contribution in [2.24, 2.45) is 0 Å². The first kappa shape index (κ1) is 23.5. The van der Waals surface area contributed by atoms with Crippen molar-refractivity contribution < 1.29 is 19.1 Å². The Kier molecular flexibility index (Phi) is 6.95. The number of ether oxygens (including phenoxy) is 2. The molecule has 0 N–H and O–H groups in total. The van der Waals surface area contributed by atoms with Crippen molar-refractivity contribution in [1.29, 1.82) is 0 Å². The lowest BCUT2D eigenvalue weighted by Crippen LogP contribution is -2.39. The van der Waals surface area contributed by atoms with Crippen LogP contribution in [0.3, 0.4) is 0 Å². The van der Waals surface area contributed by atoms with Crippen LogP contribution < -0.4 is 4.74 Å². The molecular weight excluding hydrogens is 436 g/mol. The molecule has 3 heterocycles. The zero-order valence-electron chi connectivity index (χ0n) is 20.1. The molecule has 34 heavy (non-hydrogen) atoms. The van der Waals surface area contributed by atoms with Gasteiger partial charge < -0.3 is 14.4 Å². The predicted octanol–water partition coefficient (Wildman–Crippen LogP) is 2.10. The first-order valence-corrected chi connectivity index (χ1v) is 11.4. The maximum atomic E-state index is 13.0. The second-order valence-corrected chi connectivity index (χ2v) is 8.24. The molecule has 10 heteroatoms. The van der Waals surface area contributed by atoms with Gasteiger partial charge in [-0.15, -0.1) is 0 Å². The van der Waals surface area contributed by atoms with Crippen LogP contribution in [0.5, 0.6) is 5.75 Å². The molecule has 0 aliphatic carbocycles. The van der Waals surface area contributed by atoms with Gasteiger partial charge in [-0.05, 0) is 44.9 Å². The van der Waals surface area contributed by atoms with Crippen molar-refractivity contribution in [3.8, 4) is 5.75 Å². The van der Waals surface area contributed by atoms with Crippen LogP contribution in [0.1, 0.15) is 45.9 Å². The molecule has 0 spiro atoms. The number of amides is 1. The number of aryl methyl sites for hydroxylation is 4. The van der Waals surface area contributed by atoms with E-state index in [2.05, 4.69) is 15.2 Å². The van der Waals surface area contributed by atoms with Crippen molar-refractivity contribution in [3.05, 3.63) is 58.4 Å². The van der Waals surface area contributed by atoms with Crippen LogP contribution in [0.25, 0.3) is 0 Å². The molecule has 0 bridgehead atoms. The molecule has 1 aromatic carbocycles. The van der Waals surface area contributed by atoms with E-state index >= 15 is 0 Å². The van der Waals surface area contributed by atoms with E-state index in [0.29, 0.717) is 37.7 Å². The highest BCUT2D eigenvalue weighted by Crippen LogP contribution is 2.24. The molecule has 0 atom stereocenters. The van der Waals surface area contributed by atoms with E-state index in [1.54, 1.807) is 30.5 Å². The minimum absolute atomic E-state index is 0.0700. The van der Waals surface area contributed by atoms with E-state index in [9.17, 15) is 9.59 Å². The van der Waals surface area contributed by atoms with E-state index in [-0.39, 0.29) is 24.8 Å². The predicted molar refractivity (Wildman–Crippen MR) is 123 cm³/mol. The molecule has 3 aromatic rings. The maximum absolute atomic E-state index is 13.0. The van der Waals surface area contributed by atoms with Crippen molar-refractivity contribution in [3.63, 3.8) is 0 Å². The van der Waals surface area contributed by atoms with E-state index in [1.807, 2.05) is 35.9 Å². The van der Waals surface area contributed by atoms with Crippen LogP contribution in [0.2, 0.25) is 0 Å². The molecule has 0 saturated carbocycles. The fourth-order valence-corrected chi connectivity index (χ4v) is 4.22. The number of aromatic nitrogens is 5. The molecule has 0 fully saturated rings. The molecule has 180 valence electrons. The lowest BCUT2D eigenvalue weighted by molar-refractivity contribution is -0.133. The molecule has 10 nitrogen and oxygen atoms in total. The van der Waals surface area contributed by atoms with Crippen LogP contribution >= 0.6 is 0 Å². The molecule has 0 unspecified atom stereocenters. The van der Waals surface area contributed by atoms with Crippen LogP contribution in [0.4, 0.5) is 0 Å². The summed E-state index contributed by atoms with van der Waals surface area (Å²) >= 11 is 0. The Morgan fingerprint density at radius 2 is 1.85 bits per heavy atom. The second kappa shape index (κ2) is 10.1. The van der Waals surface area contributed by atoms with E-state index in [1.165, 1.54) is 0 Å². The Morgan fingerprint density at radius 3 is 2.50 bits per heavy atom. The van der Waals surface area contributed by atoms with E-state index in [0.717, 1.165) is 29.0 Å². The fraction of sp³-hybridized carbons (Fsp3) is 0.458. The van der Waals surface area contributed by atoms with Crippen molar-refractivity contribution >= 4 is 11.9 Å². The molecule has 1 aliphatic rings. The summed E-state index contributed by atoms with van der Waals surface area (Å²) < 4.78 is 14.0. The average Bonchev–Trinajstić information content (AvgIpc) is 3.36. The number of fused-ring (bicyclic) bond motifs is 1. The Labute approximate surface area is 198 Å². The lowest BCUT2D eigenvalue weighted by atomic mass is 10.0. The minimum Gasteiger partial charge on any atom is -0.497 e. The van der Waals surface area contributed by atoms with Crippen LogP contribution in [0.15, 0.2) is 24.3 Å². The number of esters is 1. The molecule has 1 amide bonds. The maximum Gasteiger partial charge on any atom is 0.359 e. The standard InChI is InChI=1S/C24H30N6O4/c1-5-34-24(32)23-20-14-28(22(31)15-30-17(3)25-16(2)26-30)12-11-21(20)29(27-23)13-10-18-6-8-19(33-4)9-7-18/h6-9H,5,10-15H2,1-4H3. The number of carbonyl (C=O) groups is 2. The summed E-state index contributed by atoms with van der Waals surface area (Å²) in [6.07, 6.45) is 1.37. The van der Waals surface area contributed by atoms with Gasteiger partial charge in [-0.1, -0.05) is 12.1 Å². The second-order valence-electron chi connectivity index (χ2n) is 8.24. The first-order valence-electron chi connectivity index (χ1n) is 11.4. The Hall–Kier alpha value is -3.69. The van der Waals surface area contributed by atoms with Gasteiger partial charge in [0.1, 0.15) is 23.9 Å². The number of benzene rings is 1. The van der Waals surface area contributed by atoms with Gasteiger partial charge in [-0.2, -0.15) is 10.2 Å². The normalized spacial score (nSPS) is 13.0. The lowest BCUT2D eigenvalue weighted by Gasteiger charge is -2.28. The minimum atomic E-state index is -0.459. The summed E-state index contributed by atoms with van der Waals surface area (Å²) in [7, 11) is 1.64. The topological polar surface area (TPSA) is 104 Å². The van der Waals surface area contributed by atoms with Crippen molar-refractivity contribution in [2.45, 2.75) is 53.2 Å². The summed E-state index contributed by atoms with van der Waals surface area (Å²) in [6.45, 7) is 7.26. The highest BCUT2D eigenvalue weighted by molar-refractivity contribution is 5.89. The molecule has 0 radical (unpaired) electrons. The van der Waals surface area contributed by atoms with Crippen molar-refractivity contribution in [1.82, 2.24) is 29.4 Å². The Bertz CT molecular complexity index is 1180. The number of carbonyl (C=O) groups excluding carboxylic acids is 2. The van der Waals surface area contributed by atoms with Crippen LogP contribution in [-0.4, -0.2) is 61.6 Å². The number of rotatable bonds is 8. The summed E-state index contributed by atoms with van der Waals surface area (Å²) in [5.41, 5.74) is 3.18. The van der Waals surface area contributed by atoms with Gasteiger partial charge in [0.25, 0.3) is 0 Å². The Morgan fingerprint density at radius 1 is 1.09 bits per heavy atom. The molecule has 1 aliphatic heterocycles. The third-order valence-electron chi connectivity index (χ3n) is 5.97.